The van der Waals surface area contributed by atoms with Gasteiger partial charge in [-0.1, -0.05) is 44.2 Å². The van der Waals surface area contributed by atoms with Crippen LogP contribution in [0.25, 0.3) is 0 Å². The van der Waals surface area contributed by atoms with Gasteiger partial charge in [0.2, 0.25) is 23.6 Å². The quantitative estimate of drug-likeness (QED) is 0.139. The monoisotopic (exact) mass is 521 g/mol. The summed E-state index contributed by atoms with van der Waals surface area (Å²) in [4.78, 5) is 72.1. The normalized spacial score (nSPS) is 14.1. The number of hydrogen-bond acceptors (Lipinski definition) is 7. The van der Waals surface area contributed by atoms with Crippen LogP contribution in [0.5, 0.6) is 0 Å². The van der Waals surface area contributed by atoms with Gasteiger partial charge < -0.3 is 37.6 Å². The highest BCUT2D eigenvalue weighted by Crippen LogP contribution is 2.09. The van der Waals surface area contributed by atoms with Gasteiger partial charge in [-0.2, -0.15) is 0 Å². The van der Waals surface area contributed by atoms with Gasteiger partial charge >= 0.3 is 11.9 Å². The van der Waals surface area contributed by atoms with Crippen molar-refractivity contribution in [1.82, 2.24) is 16.0 Å². The van der Waals surface area contributed by atoms with E-state index in [4.69, 9.17) is 16.6 Å². The molecular formula is C24H35N5O8. The van der Waals surface area contributed by atoms with Gasteiger partial charge in [0.25, 0.3) is 0 Å². The Bertz CT molecular complexity index is 969. The zero-order valence-corrected chi connectivity index (χ0v) is 20.8. The van der Waals surface area contributed by atoms with E-state index in [0.717, 1.165) is 0 Å². The molecule has 0 fully saturated rings. The lowest BCUT2D eigenvalue weighted by molar-refractivity contribution is -0.143. The van der Waals surface area contributed by atoms with Crippen LogP contribution in [0, 0.1) is 5.92 Å². The number of primary amides is 1. The molecule has 1 aromatic carbocycles. The van der Waals surface area contributed by atoms with Crippen LogP contribution in [0.1, 0.15) is 45.1 Å². The first kappa shape index (κ1) is 31.0. The summed E-state index contributed by atoms with van der Waals surface area (Å²) in [7, 11) is 0. The molecule has 0 aliphatic rings. The Kier molecular flexibility index (Phi) is 12.7. The molecule has 0 saturated heterocycles. The molecule has 0 saturated carbocycles. The second-order valence-corrected chi connectivity index (χ2v) is 9.05. The maximum Gasteiger partial charge on any atom is 0.326 e. The summed E-state index contributed by atoms with van der Waals surface area (Å²) in [5.74, 6) is -5.89. The number of nitrogens with two attached hydrogens (primary N) is 2. The zero-order chi connectivity index (χ0) is 28.1. The number of carboxylic acid groups (broad SMARTS) is 2. The molecule has 37 heavy (non-hydrogen) atoms. The van der Waals surface area contributed by atoms with E-state index in [9.17, 15) is 33.9 Å². The molecule has 13 heteroatoms. The van der Waals surface area contributed by atoms with Crippen LogP contribution >= 0.6 is 0 Å². The first-order valence-electron chi connectivity index (χ1n) is 11.7. The first-order chi connectivity index (χ1) is 17.3. The minimum Gasteiger partial charge on any atom is -0.481 e. The van der Waals surface area contributed by atoms with E-state index in [0.29, 0.717) is 5.56 Å². The highest BCUT2D eigenvalue weighted by atomic mass is 16.4. The minimum absolute atomic E-state index is 0.0121. The van der Waals surface area contributed by atoms with Crippen molar-refractivity contribution < 1.29 is 39.0 Å². The summed E-state index contributed by atoms with van der Waals surface area (Å²) in [6.07, 6.45) is -0.935. The van der Waals surface area contributed by atoms with E-state index in [1.807, 2.05) is 13.8 Å². The summed E-state index contributed by atoms with van der Waals surface area (Å²) in [6, 6.07) is 3.50. The molecule has 1 aromatic rings. The molecule has 1 rings (SSSR count). The fraction of sp³-hybridized carbons (Fsp3) is 0.500. The third-order valence-corrected chi connectivity index (χ3v) is 5.28. The summed E-state index contributed by atoms with van der Waals surface area (Å²) in [5, 5.41) is 25.4. The third-order valence-electron chi connectivity index (χ3n) is 5.28. The summed E-state index contributed by atoms with van der Waals surface area (Å²) >= 11 is 0. The third kappa shape index (κ3) is 12.0. The van der Waals surface area contributed by atoms with Crippen molar-refractivity contribution in [3.05, 3.63) is 35.9 Å². The van der Waals surface area contributed by atoms with Crippen molar-refractivity contribution in [2.75, 3.05) is 0 Å². The van der Waals surface area contributed by atoms with Crippen LogP contribution in [0.15, 0.2) is 30.3 Å². The molecule has 0 aliphatic heterocycles. The van der Waals surface area contributed by atoms with Crippen molar-refractivity contribution in [3.63, 3.8) is 0 Å². The van der Waals surface area contributed by atoms with Crippen molar-refractivity contribution in [2.45, 2.75) is 70.1 Å². The molecule has 4 unspecified atom stereocenters. The van der Waals surface area contributed by atoms with Gasteiger partial charge in [0.1, 0.15) is 18.1 Å². The predicted molar refractivity (Wildman–Crippen MR) is 132 cm³/mol. The van der Waals surface area contributed by atoms with E-state index in [1.165, 1.54) is 0 Å². The molecular weight excluding hydrogens is 486 g/mol. The largest absolute Gasteiger partial charge is 0.481 e. The minimum atomic E-state index is -1.60. The maximum atomic E-state index is 13.2. The number of rotatable bonds is 16. The molecule has 0 aliphatic carbocycles. The Hall–Kier alpha value is -4.00. The predicted octanol–water partition coefficient (Wildman–Crippen LogP) is -1.12. The first-order valence-corrected chi connectivity index (χ1v) is 11.7. The maximum absolute atomic E-state index is 13.2. The topological polar surface area (TPSA) is 231 Å². The fourth-order valence-electron chi connectivity index (χ4n) is 3.40. The number of carbonyl (C=O) groups is 6. The van der Waals surface area contributed by atoms with Gasteiger partial charge in [0.15, 0.2) is 0 Å². The molecule has 0 heterocycles. The number of aliphatic carboxylic acids is 2. The Labute approximate surface area is 214 Å². The zero-order valence-electron chi connectivity index (χ0n) is 20.8. The van der Waals surface area contributed by atoms with E-state index in [1.54, 1.807) is 30.3 Å². The molecule has 9 N–H and O–H groups in total. The SMILES string of the molecule is CC(C)CC(NC(=O)C(N)CCC(=O)O)C(=O)NC(Cc1ccccc1)C(=O)NC(CC(N)=O)C(=O)O. The Morgan fingerprint density at radius 2 is 1.38 bits per heavy atom. The average Bonchev–Trinajstić information content (AvgIpc) is 2.80. The standard InChI is InChI=1S/C24H35N5O8/c1-13(2)10-16(27-21(33)15(25)8-9-20(31)32)22(34)28-17(11-14-6-4-3-5-7-14)23(35)29-18(24(36)37)12-19(26)30/h3-7,13,15-18H,8-12,25H2,1-2H3,(H2,26,30)(H,27,33)(H,28,34)(H,29,35)(H,31,32)(H,36,37). The van der Waals surface area contributed by atoms with Gasteiger partial charge in [0.05, 0.1) is 12.5 Å². The van der Waals surface area contributed by atoms with Crippen LogP contribution < -0.4 is 27.4 Å². The van der Waals surface area contributed by atoms with E-state index in [2.05, 4.69) is 16.0 Å². The van der Waals surface area contributed by atoms with Gasteiger partial charge in [0, 0.05) is 12.8 Å². The molecule has 0 aromatic heterocycles. The number of benzene rings is 1. The Morgan fingerprint density at radius 1 is 0.838 bits per heavy atom. The highest BCUT2D eigenvalue weighted by molar-refractivity contribution is 5.95. The molecule has 4 atom stereocenters. The van der Waals surface area contributed by atoms with Gasteiger partial charge in [-0.05, 0) is 24.3 Å². The van der Waals surface area contributed by atoms with Gasteiger partial charge in [-0.15, -0.1) is 0 Å². The van der Waals surface area contributed by atoms with E-state index < -0.39 is 66.2 Å². The molecule has 0 bridgehead atoms. The average molecular weight is 522 g/mol. The van der Waals surface area contributed by atoms with Crippen molar-refractivity contribution in [1.29, 1.82) is 0 Å². The fourth-order valence-corrected chi connectivity index (χ4v) is 3.40. The number of hydrogen-bond donors (Lipinski definition) is 7. The Morgan fingerprint density at radius 3 is 1.89 bits per heavy atom. The van der Waals surface area contributed by atoms with Crippen LogP contribution in [0.4, 0.5) is 0 Å². The van der Waals surface area contributed by atoms with Crippen molar-refractivity contribution in [2.24, 2.45) is 17.4 Å². The Balaban J connectivity index is 3.10. The van der Waals surface area contributed by atoms with Crippen LogP contribution in [0.3, 0.4) is 0 Å². The number of carboxylic acids is 2. The lowest BCUT2D eigenvalue weighted by Crippen LogP contribution is -2.58. The molecule has 4 amide bonds. The smallest absolute Gasteiger partial charge is 0.326 e. The van der Waals surface area contributed by atoms with Crippen LogP contribution in [-0.4, -0.2) is 69.9 Å². The molecule has 0 spiro atoms. The van der Waals surface area contributed by atoms with Crippen LogP contribution in [-0.2, 0) is 35.2 Å². The number of amides is 4. The molecule has 13 nitrogen and oxygen atoms in total. The number of carbonyl (C=O) groups excluding carboxylic acids is 4. The molecule has 0 radical (unpaired) electrons. The van der Waals surface area contributed by atoms with E-state index >= 15 is 0 Å². The molecule has 204 valence electrons. The summed E-state index contributed by atoms with van der Waals surface area (Å²) in [6.45, 7) is 3.62. The lowest BCUT2D eigenvalue weighted by Gasteiger charge is -2.26. The summed E-state index contributed by atoms with van der Waals surface area (Å²) < 4.78 is 0. The second-order valence-electron chi connectivity index (χ2n) is 9.05. The van der Waals surface area contributed by atoms with Crippen molar-refractivity contribution in [3.8, 4) is 0 Å². The lowest BCUT2D eigenvalue weighted by atomic mass is 10.00. The second kappa shape index (κ2) is 15.2. The number of nitrogens with one attached hydrogen (secondary N) is 3. The van der Waals surface area contributed by atoms with Gasteiger partial charge in [-0.25, -0.2) is 4.79 Å². The van der Waals surface area contributed by atoms with E-state index in [-0.39, 0.29) is 31.6 Å². The summed E-state index contributed by atoms with van der Waals surface area (Å²) in [5.41, 5.74) is 11.5. The highest BCUT2D eigenvalue weighted by Gasteiger charge is 2.31. The van der Waals surface area contributed by atoms with Crippen molar-refractivity contribution >= 4 is 35.6 Å². The van der Waals surface area contributed by atoms with Gasteiger partial charge in [-0.3, -0.25) is 24.0 Å². The van der Waals surface area contributed by atoms with Crippen LogP contribution in [0.2, 0.25) is 0 Å².